The zero-order valence-electron chi connectivity index (χ0n) is 10.0. The lowest BCUT2D eigenvalue weighted by Crippen LogP contribution is -2.48. The summed E-state index contributed by atoms with van der Waals surface area (Å²) in [6, 6.07) is -0.101. The molecule has 2 amide bonds. The molecule has 9 heteroatoms. The van der Waals surface area contributed by atoms with Crippen LogP contribution in [0, 0.1) is 10.1 Å². The Hall–Kier alpha value is -2.45. The van der Waals surface area contributed by atoms with E-state index in [1.165, 1.54) is 10.9 Å². The Balaban J connectivity index is 1.83. The van der Waals surface area contributed by atoms with Gasteiger partial charge in [0, 0.05) is 19.0 Å². The molecule has 102 valence electrons. The Labute approximate surface area is 108 Å². The van der Waals surface area contributed by atoms with Crippen LogP contribution in [0.15, 0.2) is 12.4 Å². The predicted molar refractivity (Wildman–Crippen MR) is 63.1 cm³/mol. The van der Waals surface area contributed by atoms with Crippen molar-refractivity contribution in [2.75, 3.05) is 6.54 Å². The molecule has 1 aromatic rings. The van der Waals surface area contributed by atoms with Gasteiger partial charge in [-0.3, -0.25) is 24.4 Å². The largest absolute Gasteiger partial charge is 0.354 e. The zero-order chi connectivity index (χ0) is 13.8. The van der Waals surface area contributed by atoms with Crippen LogP contribution in [-0.4, -0.2) is 39.1 Å². The van der Waals surface area contributed by atoms with Gasteiger partial charge in [0.1, 0.15) is 18.9 Å². The fourth-order valence-corrected chi connectivity index (χ4v) is 1.81. The molecule has 1 aliphatic heterocycles. The number of rotatable bonds is 4. The minimum absolute atomic E-state index is 0.0202. The monoisotopic (exact) mass is 267 g/mol. The van der Waals surface area contributed by atoms with Crippen LogP contribution < -0.4 is 10.6 Å². The maximum absolute atomic E-state index is 11.7. The summed E-state index contributed by atoms with van der Waals surface area (Å²) in [5, 5.41) is 19.6. The number of hydrogen-bond donors (Lipinski definition) is 2. The van der Waals surface area contributed by atoms with E-state index < -0.39 is 4.92 Å². The number of piperidine rings is 1. The molecular weight excluding hydrogens is 254 g/mol. The second-order valence-corrected chi connectivity index (χ2v) is 4.26. The van der Waals surface area contributed by atoms with Gasteiger partial charge in [0.2, 0.25) is 11.8 Å². The van der Waals surface area contributed by atoms with Crippen molar-refractivity contribution in [3.8, 4) is 0 Å². The third-order valence-electron chi connectivity index (χ3n) is 2.77. The average Bonchev–Trinajstić information content (AvgIpc) is 2.80. The Morgan fingerprint density at radius 2 is 2.47 bits per heavy atom. The van der Waals surface area contributed by atoms with Crippen molar-refractivity contribution in [3.63, 3.8) is 0 Å². The Morgan fingerprint density at radius 3 is 3.05 bits per heavy atom. The summed E-state index contributed by atoms with van der Waals surface area (Å²) < 4.78 is 1.20. The molecule has 1 unspecified atom stereocenters. The molecule has 19 heavy (non-hydrogen) atoms. The van der Waals surface area contributed by atoms with Gasteiger partial charge in [-0.05, 0) is 6.42 Å². The normalized spacial score (nSPS) is 18.7. The van der Waals surface area contributed by atoms with E-state index in [-0.39, 0.29) is 30.1 Å². The molecule has 1 aromatic heterocycles. The first-order valence-corrected chi connectivity index (χ1v) is 5.77. The summed E-state index contributed by atoms with van der Waals surface area (Å²) in [5.41, 5.74) is -0.155. The third-order valence-corrected chi connectivity index (χ3v) is 2.77. The average molecular weight is 267 g/mol. The van der Waals surface area contributed by atoms with E-state index >= 15 is 0 Å². The third kappa shape index (κ3) is 3.50. The maximum Gasteiger partial charge on any atom is 0.307 e. The highest BCUT2D eigenvalue weighted by molar-refractivity contribution is 5.78. The van der Waals surface area contributed by atoms with Crippen molar-refractivity contribution in [2.45, 2.75) is 25.4 Å². The number of nitrogens with one attached hydrogen (secondary N) is 2. The van der Waals surface area contributed by atoms with Crippen molar-refractivity contribution >= 4 is 17.5 Å². The van der Waals surface area contributed by atoms with Crippen LogP contribution in [0.2, 0.25) is 0 Å². The standard InChI is InChI=1S/C10H13N5O4/c16-9-2-1-7(3-11-9)13-10(17)6-14-5-8(4-12-14)15(18)19/h4-5,7H,1-3,6H2,(H,11,16)(H,13,17). The van der Waals surface area contributed by atoms with Crippen LogP contribution in [0.25, 0.3) is 0 Å². The lowest BCUT2D eigenvalue weighted by atomic mass is 10.1. The number of nitro groups is 1. The molecule has 0 spiro atoms. The maximum atomic E-state index is 11.7. The number of aromatic nitrogens is 2. The Kier molecular flexibility index (Phi) is 3.74. The molecule has 1 fully saturated rings. The fraction of sp³-hybridized carbons (Fsp3) is 0.500. The molecule has 2 heterocycles. The molecule has 0 aromatic carbocycles. The van der Waals surface area contributed by atoms with E-state index in [4.69, 9.17) is 0 Å². The van der Waals surface area contributed by atoms with E-state index in [0.717, 1.165) is 6.20 Å². The molecule has 9 nitrogen and oxygen atoms in total. The Bertz CT molecular complexity index is 502. The number of carbonyl (C=O) groups excluding carboxylic acids is 2. The van der Waals surface area contributed by atoms with Crippen molar-refractivity contribution in [1.29, 1.82) is 0 Å². The predicted octanol–water partition coefficient (Wildman–Crippen LogP) is -0.814. The fourth-order valence-electron chi connectivity index (χ4n) is 1.81. The van der Waals surface area contributed by atoms with Crippen LogP contribution in [0.1, 0.15) is 12.8 Å². The highest BCUT2D eigenvalue weighted by atomic mass is 16.6. The van der Waals surface area contributed by atoms with Crippen LogP contribution in [-0.2, 0) is 16.1 Å². The van der Waals surface area contributed by atoms with Crippen molar-refractivity contribution in [1.82, 2.24) is 20.4 Å². The van der Waals surface area contributed by atoms with Crippen molar-refractivity contribution in [2.24, 2.45) is 0 Å². The molecule has 2 N–H and O–H groups in total. The number of amides is 2. The van der Waals surface area contributed by atoms with Gasteiger partial charge < -0.3 is 10.6 Å². The van der Waals surface area contributed by atoms with E-state index in [1.807, 2.05) is 0 Å². The molecule has 0 aliphatic carbocycles. The highest BCUT2D eigenvalue weighted by Gasteiger charge is 2.20. The Morgan fingerprint density at radius 1 is 1.68 bits per heavy atom. The summed E-state index contributed by atoms with van der Waals surface area (Å²) in [4.78, 5) is 32.5. The summed E-state index contributed by atoms with van der Waals surface area (Å²) >= 11 is 0. The van der Waals surface area contributed by atoms with Gasteiger partial charge in [-0.2, -0.15) is 5.10 Å². The minimum atomic E-state index is -0.571. The van der Waals surface area contributed by atoms with Gasteiger partial charge in [0.15, 0.2) is 0 Å². The van der Waals surface area contributed by atoms with Gasteiger partial charge in [-0.25, -0.2) is 0 Å². The summed E-state index contributed by atoms with van der Waals surface area (Å²) in [7, 11) is 0. The van der Waals surface area contributed by atoms with E-state index in [1.54, 1.807) is 0 Å². The molecule has 0 radical (unpaired) electrons. The van der Waals surface area contributed by atoms with Crippen LogP contribution in [0.5, 0.6) is 0 Å². The van der Waals surface area contributed by atoms with E-state index in [0.29, 0.717) is 19.4 Å². The van der Waals surface area contributed by atoms with Crippen LogP contribution >= 0.6 is 0 Å². The second-order valence-electron chi connectivity index (χ2n) is 4.26. The van der Waals surface area contributed by atoms with Crippen molar-refractivity contribution < 1.29 is 14.5 Å². The van der Waals surface area contributed by atoms with Crippen LogP contribution in [0.4, 0.5) is 5.69 Å². The van der Waals surface area contributed by atoms with Gasteiger partial charge in [-0.1, -0.05) is 0 Å². The molecule has 1 atom stereocenters. The smallest absolute Gasteiger partial charge is 0.307 e. The first kappa shape index (κ1) is 13.0. The molecular formula is C10H13N5O4. The van der Waals surface area contributed by atoms with Crippen LogP contribution in [0.3, 0.4) is 0 Å². The van der Waals surface area contributed by atoms with Crippen molar-refractivity contribution in [3.05, 3.63) is 22.5 Å². The van der Waals surface area contributed by atoms with Gasteiger partial charge in [0.25, 0.3) is 0 Å². The number of carbonyl (C=O) groups is 2. The number of hydrogen-bond acceptors (Lipinski definition) is 5. The molecule has 0 bridgehead atoms. The topological polar surface area (TPSA) is 119 Å². The summed E-state index contributed by atoms with van der Waals surface area (Å²) in [6.07, 6.45) is 3.27. The molecule has 1 saturated heterocycles. The van der Waals surface area contributed by atoms with Gasteiger partial charge in [-0.15, -0.1) is 0 Å². The van der Waals surface area contributed by atoms with Gasteiger partial charge >= 0.3 is 5.69 Å². The molecule has 1 aliphatic rings. The summed E-state index contributed by atoms with van der Waals surface area (Å²) in [5.74, 6) is -0.313. The zero-order valence-corrected chi connectivity index (χ0v) is 10.0. The highest BCUT2D eigenvalue weighted by Crippen LogP contribution is 2.07. The van der Waals surface area contributed by atoms with E-state index in [2.05, 4.69) is 15.7 Å². The minimum Gasteiger partial charge on any atom is -0.354 e. The van der Waals surface area contributed by atoms with Gasteiger partial charge in [0.05, 0.1) is 4.92 Å². The summed E-state index contributed by atoms with van der Waals surface area (Å²) in [6.45, 7) is 0.322. The number of nitrogens with zero attached hydrogens (tertiary/aromatic N) is 3. The lowest BCUT2D eigenvalue weighted by molar-refractivity contribution is -0.385. The quantitative estimate of drug-likeness (QED) is 0.546. The van der Waals surface area contributed by atoms with E-state index in [9.17, 15) is 19.7 Å². The lowest BCUT2D eigenvalue weighted by Gasteiger charge is -2.23. The second kappa shape index (κ2) is 5.46. The first-order chi connectivity index (χ1) is 9.04. The SMILES string of the molecule is O=C1CCC(NC(=O)Cn2cc([N+](=O)[O-])cn2)CN1. The molecule has 0 saturated carbocycles. The first-order valence-electron chi connectivity index (χ1n) is 5.77. The molecule has 2 rings (SSSR count).